The van der Waals surface area contributed by atoms with Crippen LogP contribution in [-0.4, -0.2) is 30.5 Å². The van der Waals surface area contributed by atoms with Crippen LogP contribution in [0.25, 0.3) is 10.2 Å². The van der Waals surface area contributed by atoms with Crippen molar-refractivity contribution >= 4 is 42.6 Å². The van der Waals surface area contributed by atoms with Gasteiger partial charge in [-0.15, -0.1) is 0 Å². The lowest BCUT2D eigenvalue weighted by molar-refractivity contribution is 0.0950. The Bertz CT molecular complexity index is 984. The number of carbonyl (C=O) groups is 1. The van der Waals surface area contributed by atoms with Gasteiger partial charge in [0.15, 0.2) is 5.13 Å². The van der Waals surface area contributed by atoms with Crippen molar-refractivity contribution in [2.75, 3.05) is 11.0 Å². The van der Waals surface area contributed by atoms with E-state index in [0.29, 0.717) is 17.6 Å². The number of carbonyl (C=O) groups excluding carboxylic acids is 1. The normalized spacial score (nSPS) is 11.4. The molecule has 124 valence electrons. The van der Waals surface area contributed by atoms with Gasteiger partial charge in [0.2, 0.25) is 10.0 Å². The zero-order valence-electron chi connectivity index (χ0n) is 12.7. The Kier molecular flexibility index (Phi) is 4.45. The smallest absolute Gasteiger partial charge is 0.251 e. The van der Waals surface area contributed by atoms with Crippen molar-refractivity contribution < 1.29 is 13.2 Å². The van der Waals surface area contributed by atoms with Gasteiger partial charge in [-0.2, -0.15) is 0 Å². The Morgan fingerprint density at radius 2 is 2.08 bits per heavy atom. The molecule has 2 N–H and O–H groups in total. The van der Waals surface area contributed by atoms with Crippen molar-refractivity contribution in [3.05, 3.63) is 53.9 Å². The van der Waals surface area contributed by atoms with Crippen LogP contribution in [-0.2, 0) is 16.6 Å². The number of pyridine rings is 1. The summed E-state index contributed by atoms with van der Waals surface area (Å²) in [6.07, 6.45) is 2.73. The minimum absolute atomic E-state index is 0.228. The molecule has 0 fully saturated rings. The van der Waals surface area contributed by atoms with E-state index in [1.807, 2.05) is 18.2 Å². The Labute approximate surface area is 142 Å². The number of benzene rings is 1. The molecule has 2 aromatic heterocycles. The summed E-state index contributed by atoms with van der Waals surface area (Å²) in [6, 6.07) is 10.5. The van der Waals surface area contributed by atoms with Crippen LogP contribution >= 0.6 is 11.3 Å². The van der Waals surface area contributed by atoms with Gasteiger partial charge in [-0.3, -0.25) is 14.5 Å². The zero-order chi connectivity index (χ0) is 17.2. The van der Waals surface area contributed by atoms with Crippen molar-refractivity contribution in [1.82, 2.24) is 15.3 Å². The summed E-state index contributed by atoms with van der Waals surface area (Å²) >= 11 is 1.18. The third kappa shape index (κ3) is 4.06. The number of hydrogen-bond acceptors (Lipinski definition) is 6. The summed E-state index contributed by atoms with van der Waals surface area (Å²) in [5.41, 5.74) is 1.88. The summed E-state index contributed by atoms with van der Waals surface area (Å²) in [6.45, 7) is 0.335. The molecule has 9 heteroatoms. The average molecular weight is 362 g/mol. The summed E-state index contributed by atoms with van der Waals surface area (Å²) in [4.78, 5) is 20.6. The number of sulfonamides is 1. The Balaban J connectivity index is 1.76. The molecule has 3 aromatic rings. The van der Waals surface area contributed by atoms with E-state index in [1.54, 1.807) is 24.4 Å². The molecule has 1 amide bonds. The molecule has 0 aliphatic carbocycles. The van der Waals surface area contributed by atoms with E-state index in [9.17, 15) is 13.2 Å². The van der Waals surface area contributed by atoms with Crippen molar-refractivity contribution in [1.29, 1.82) is 0 Å². The molecule has 0 atom stereocenters. The van der Waals surface area contributed by atoms with Crippen LogP contribution < -0.4 is 10.0 Å². The highest BCUT2D eigenvalue weighted by Gasteiger charge is 2.11. The maximum absolute atomic E-state index is 12.2. The molecule has 1 aromatic carbocycles. The lowest BCUT2D eigenvalue weighted by atomic mass is 10.2. The number of anilines is 1. The van der Waals surface area contributed by atoms with Gasteiger partial charge >= 0.3 is 0 Å². The van der Waals surface area contributed by atoms with E-state index in [4.69, 9.17) is 0 Å². The third-order valence-corrected chi connectivity index (χ3v) is 4.71. The monoisotopic (exact) mass is 362 g/mol. The standard InChI is InChI=1S/C15H14N4O3S2/c1-24(21,22)19-15-18-12-6-5-10(8-13(12)23-15)14(20)17-9-11-4-2-3-7-16-11/h2-8H,9H2,1H3,(H,17,20)(H,18,19). The van der Waals surface area contributed by atoms with Crippen LogP contribution in [0.15, 0.2) is 42.6 Å². The highest BCUT2D eigenvalue weighted by molar-refractivity contribution is 7.92. The summed E-state index contributed by atoms with van der Waals surface area (Å²) in [7, 11) is -3.38. The van der Waals surface area contributed by atoms with Gasteiger partial charge in [-0.25, -0.2) is 13.4 Å². The lowest BCUT2D eigenvalue weighted by Gasteiger charge is -2.04. The largest absolute Gasteiger partial charge is 0.346 e. The number of amides is 1. The molecular formula is C15H14N4O3S2. The molecule has 0 saturated carbocycles. The molecule has 0 radical (unpaired) electrons. The molecule has 0 aliphatic rings. The van der Waals surface area contributed by atoms with Crippen molar-refractivity contribution in [3.8, 4) is 0 Å². The number of rotatable bonds is 5. The predicted octanol–water partition coefficient (Wildman–Crippen LogP) is 1.99. The first-order valence-corrected chi connectivity index (χ1v) is 9.68. The molecule has 0 unspecified atom stereocenters. The molecule has 0 bridgehead atoms. The highest BCUT2D eigenvalue weighted by Crippen LogP contribution is 2.27. The maximum Gasteiger partial charge on any atom is 0.251 e. The van der Waals surface area contributed by atoms with Crippen molar-refractivity contribution in [2.24, 2.45) is 0 Å². The first kappa shape index (κ1) is 16.3. The third-order valence-electron chi connectivity index (χ3n) is 3.08. The van der Waals surface area contributed by atoms with E-state index >= 15 is 0 Å². The minimum atomic E-state index is -3.38. The van der Waals surface area contributed by atoms with Crippen molar-refractivity contribution in [2.45, 2.75) is 6.54 Å². The quantitative estimate of drug-likeness (QED) is 0.723. The van der Waals surface area contributed by atoms with Crippen LogP contribution in [0.4, 0.5) is 5.13 Å². The molecule has 0 spiro atoms. The second-order valence-corrected chi connectivity index (χ2v) is 7.86. The number of hydrogen-bond donors (Lipinski definition) is 2. The fourth-order valence-electron chi connectivity index (χ4n) is 2.04. The zero-order valence-corrected chi connectivity index (χ0v) is 14.3. The SMILES string of the molecule is CS(=O)(=O)Nc1nc2ccc(C(=O)NCc3ccccn3)cc2s1. The van der Waals surface area contributed by atoms with Gasteiger partial charge in [0.05, 0.1) is 28.7 Å². The average Bonchev–Trinajstić information content (AvgIpc) is 2.92. The van der Waals surface area contributed by atoms with E-state index < -0.39 is 10.0 Å². The van der Waals surface area contributed by atoms with Crippen LogP contribution in [0.3, 0.4) is 0 Å². The topological polar surface area (TPSA) is 101 Å². The van der Waals surface area contributed by atoms with E-state index in [-0.39, 0.29) is 11.0 Å². The summed E-state index contributed by atoms with van der Waals surface area (Å²) < 4.78 is 25.6. The van der Waals surface area contributed by atoms with Gasteiger partial charge in [0.1, 0.15) is 0 Å². The molecule has 24 heavy (non-hydrogen) atoms. The number of thiazole rings is 1. The maximum atomic E-state index is 12.2. The first-order chi connectivity index (χ1) is 11.4. The van der Waals surface area contributed by atoms with Crippen LogP contribution in [0, 0.1) is 0 Å². The van der Waals surface area contributed by atoms with E-state index in [1.165, 1.54) is 11.3 Å². The van der Waals surface area contributed by atoms with Gasteiger partial charge in [0.25, 0.3) is 5.91 Å². The van der Waals surface area contributed by atoms with E-state index in [0.717, 1.165) is 16.6 Å². The van der Waals surface area contributed by atoms with E-state index in [2.05, 4.69) is 20.0 Å². The lowest BCUT2D eigenvalue weighted by Crippen LogP contribution is -2.23. The Morgan fingerprint density at radius 1 is 1.25 bits per heavy atom. The molecule has 7 nitrogen and oxygen atoms in total. The van der Waals surface area contributed by atoms with Crippen LogP contribution in [0.5, 0.6) is 0 Å². The molecule has 3 rings (SSSR count). The first-order valence-electron chi connectivity index (χ1n) is 6.97. The fourth-order valence-corrected chi connectivity index (χ4v) is 3.78. The molecular weight excluding hydrogens is 348 g/mol. The number of nitrogens with one attached hydrogen (secondary N) is 2. The number of aromatic nitrogens is 2. The number of nitrogens with zero attached hydrogens (tertiary/aromatic N) is 2. The van der Waals surface area contributed by atoms with Gasteiger partial charge in [0, 0.05) is 11.8 Å². The summed E-state index contributed by atoms with van der Waals surface area (Å²) in [5, 5.41) is 3.07. The number of fused-ring (bicyclic) bond motifs is 1. The van der Waals surface area contributed by atoms with Crippen LogP contribution in [0.1, 0.15) is 16.1 Å². The fraction of sp³-hybridized carbons (Fsp3) is 0.133. The molecule has 2 heterocycles. The Morgan fingerprint density at radius 3 is 2.79 bits per heavy atom. The van der Waals surface area contributed by atoms with Gasteiger partial charge in [-0.05, 0) is 30.3 Å². The summed E-state index contributed by atoms with van der Waals surface area (Å²) in [5.74, 6) is -0.228. The minimum Gasteiger partial charge on any atom is -0.346 e. The second-order valence-electron chi connectivity index (χ2n) is 5.08. The van der Waals surface area contributed by atoms with Gasteiger partial charge in [-0.1, -0.05) is 17.4 Å². The predicted molar refractivity (Wildman–Crippen MR) is 93.5 cm³/mol. The van der Waals surface area contributed by atoms with Crippen LogP contribution in [0.2, 0.25) is 0 Å². The molecule has 0 aliphatic heterocycles. The van der Waals surface area contributed by atoms with Gasteiger partial charge < -0.3 is 5.32 Å². The molecule has 0 saturated heterocycles. The second kappa shape index (κ2) is 6.54. The highest BCUT2D eigenvalue weighted by atomic mass is 32.2. The van der Waals surface area contributed by atoms with Crippen molar-refractivity contribution in [3.63, 3.8) is 0 Å². The Hall–Kier alpha value is -2.52.